The normalized spacial score (nSPS) is 21.8. The number of aromatic nitrogens is 1. The Morgan fingerprint density at radius 3 is 2.88 bits per heavy atom. The lowest BCUT2D eigenvalue weighted by atomic mass is 10.1. The van der Waals surface area contributed by atoms with Gasteiger partial charge in [0, 0.05) is 36.5 Å². The van der Waals surface area contributed by atoms with E-state index in [2.05, 4.69) is 27.5 Å². The smallest absolute Gasteiger partial charge is 0.225 e. The molecule has 3 rings (SSSR count). The summed E-state index contributed by atoms with van der Waals surface area (Å²) >= 11 is 1.64. The number of thiazole rings is 1. The van der Waals surface area contributed by atoms with E-state index < -0.39 is 0 Å². The Labute approximate surface area is 154 Å². The molecule has 0 spiro atoms. The summed E-state index contributed by atoms with van der Waals surface area (Å²) in [6, 6.07) is 0.283. The number of guanidine groups is 1. The molecule has 25 heavy (non-hydrogen) atoms. The van der Waals surface area contributed by atoms with Gasteiger partial charge in [-0.15, -0.1) is 11.3 Å². The highest BCUT2D eigenvalue weighted by Gasteiger charge is 2.32. The van der Waals surface area contributed by atoms with Crippen molar-refractivity contribution in [3.05, 3.63) is 16.1 Å². The Balaban J connectivity index is 1.53. The number of hydrogen-bond donors (Lipinski definition) is 2. The summed E-state index contributed by atoms with van der Waals surface area (Å²) in [5, 5.41) is 6.81. The van der Waals surface area contributed by atoms with Gasteiger partial charge in [0.15, 0.2) is 5.96 Å². The van der Waals surface area contributed by atoms with E-state index in [1.54, 1.807) is 11.3 Å². The summed E-state index contributed by atoms with van der Waals surface area (Å²) in [5.41, 5.74) is 2.92. The highest BCUT2D eigenvalue weighted by molar-refractivity contribution is 7.09. The lowest BCUT2D eigenvalue weighted by Crippen LogP contribution is -2.45. The molecule has 7 heteroatoms. The number of rotatable bonds is 5. The molecular formula is C18H29N5OS. The summed E-state index contributed by atoms with van der Waals surface area (Å²) in [7, 11) is 0. The number of likely N-dealkylation sites (tertiary alicyclic amines) is 1. The van der Waals surface area contributed by atoms with Gasteiger partial charge in [-0.05, 0) is 33.1 Å². The first-order chi connectivity index (χ1) is 12.2. The van der Waals surface area contributed by atoms with Crippen LogP contribution in [0.5, 0.6) is 0 Å². The van der Waals surface area contributed by atoms with E-state index in [0.29, 0.717) is 12.5 Å². The molecule has 1 saturated carbocycles. The number of carbonyl (C=O) groups is 1. The molecule has 1 atom stereocenters. The zero-order valence-electron chi connectivity index (χ0n) is 15.3. The fraction of sp³-hybridized carbons (Fsp3) is 0.722. The van der Waals surface area contributed by atoms with Gasteiger partial charge in [-0.25, -0.2) is 9.98 Å². The van der Waals surface area contributed by atoms with Crippen LogP contribution in [-0.2, 0) is 11.3 Å². The van der Waals surface area contributed by atoms with Crippen LogP contribution in [0.4, 0.5) is 0 Å². The van der Waals surface area contributed by atoms with E-state index in [9.17, 15) is 4.79 Å². The third-order valence-corrected chi connectivity index (χ3v) is 6.03. The number of nitrogens with one attached hydrogen (secondary N) is 2. The minimum Gasteiger partial charge on any atom is -0.357 e. The maximum Gasteiger partial charge on any atom is 0.225 e. The molecule has 1 aliphatic heterocycles. The van der Waals surface area contributed by atoms with E-state index in [0.717, 1.165) is 50.6 Å². The molecule has 1 aliphatic carbocycles. The standard InChI is InChI=1S/C18H29N5OS/c1-3-19-18(20-10-16-13(2)21-12-25-16)22-15-8-9-23(11-15)17(24)14-6-4-5-7-14/h12,14-15H,3-11H2,1-2H3,(H2,19,20,22). The van der Waals surface area contributed by atoms with Crippen molar-refractivity contribution in [3.8, 4) is 0 Å². The molecule has 2 fully saturated rings. The molecule has 1 amide bonds. The quantitative estimate of drug-likeness (QED) is 0.622. The van der Waals surface area contributed by atoms with E-state index >= 15 is 0 Å². The summed E-state index contributed by atoms with van der Waals surface area (Å²) in [6.45, 7) is 7.21. The van der Waals surface area contributed by atoms with Crippen LogP contribution in [0.3, 0.4) is 0 Å². The van der Waals surface area contributed by atoms with Gasteiger partial charge in [0.2, 0.25) is 5.91 Å². The van der Waals surface area contributed by atoms with Gasteiger partial charge in [-0.3, -0.25) is 4.79 Å². The number of hydrogen-bond acceptors (Lipinski definition) is 4. The van der Waals surface area contributed by atoms with Crippen molar-refractivity contribution in [2.75, 3.05) is 19.6 Å². The van der Waals surface area contributed by atoms with Crippen LogP contribution < -0.4 is 10.6 Å². The molecule has 1 aromatic heterocycles. The van der Waals surface area contributed by atoms with E-state index in [4.69, 9.17) is 0 Å². The van der Waals surface area contributed by atoms with Gasteiger partial charge in [0.25, 0.3) is 0 Å². The third-order valence-electron chi connectivity index (χ3n) is 5.12. The van der Waals surface area contributed by atoms with Crippen LogP contribution in [0, 0.1) is 12.8 Å². The molecule has 1 aromatic rings. The monoisotopic (exact) mass is 363 g/mol. The minimum atomic E-state index is 0.273. The average molecular weight is 364 g/mol. The molecule has 1 saturated heterocycles. The lowest BCUT2D eigenvalue weighted by Gasteiger charge is -2.21. The highest BCUT2D eigenvalue weighted by Crippen LogP contribution is 2.27. The van der Waals surface area contributed by atoms with Gasteiger partial charge >= 0.3 is 0 Å². The molecule has 2 aliphatic rings. The SMILES string of the molecule is CCNC(=NCc1scnc1C)NC1CCN(C(=O)C2CCCC2)C1. The third kappa shape index (κ3) is 4.71. The van der Waals surface area contributed by atoms with Gasteiger partial charge in [0.05, 0.1) is 17.7 Å². The second kappa shape index (κ2) is 8.65. The molecule has 6 nitrogen and oxygen atoms in total. The number of amides is 1. The average Bonchev–Trinajstić information content (AvgIpc) is 3.35. The first-order valence-corrected chi connectivity index (χ1v) is 10.3. The van der Waals surface area contributed by atoms with Crippen LogP contribution in [0.2, 0.25) is 0 Å². The van der Waals surface area contributed by atoms with Crippen LogP contribution >= 0.6 is 11.3 Å². The van der Waals surface area contributed by atoms with Crippen molar-refractivity contribution in [1.29, 1.82) is 0 Å². The number of aliphatic imine (C=N–C) groups is 1. The highest BCUT2D eigenvalue weighted by atomic mass is 32.1. The van der Waals surface area contributed by atoms with Crippen molar-refractivity contribution in [1.82, 2.24) is 20.5 Å². The zero-order chi connectivity index (χ0) is 17.6. The van der Waals surface area contributed by atoms with Crippen LogP contribution in [-0.4, -0.2) is 47.4 Å². The molecule has 0 bridgehead atoms. The van der Waals surface area contributed by atoms with Gasteiger partial charge in [0.1, 0.15) is 0 Å². The predicted octanol–water partition coefficient (Wildman–Crippen LogP) is 2.30. The summed E-state index contributed by atoms with van der Waals surface area (Å²) in [5.74, 6) is 1.47. The molecule has 0 radical (unpaired) electrons. The Morgan fingerprint density at radius 2 is 2.20 bits per heavy atom. The second-order valence-corrected chi connectivity index (χ2v) is 7.89. The predicted molar refractivity (Wildman–Crippen MR) is 102 cm³/mol. The Hall–Kier alpha value is -1.63. The molecule has 1 unspecified atom stereocenters. The van der Waals surface area contributed by atoms with Crippen LogP contribution in [0.25, 0.3) is 0 Å². The van der Waals surface area contributed by atoms with Crippen molar-refractivity contribution in [2.45, 2.75) is 58.5 Å². The first kappa shape index (κ1) is 18.2. The van der Waals surface area contributed by atoms with Crippen LogP contribution in [0.15, 0.2) is 10.5 Å². The van der Waals surface area contributed by atoms with Gasteiger partial charge in [-0.2, -0.15) is 0 Å². The molecule has 2 heterocycles. The van der Waals surface area contributed by atoms with Crippen molar-refractivity contribution >= 4 is 23.2 Å². The van der Waals surface area contributed by atoms with Crippen molar-refractivity contribution in [3.63, 3.8) is 0 Å². The van der Waals surface area contributed by atoms with E-state index in [1.165, 1.54) is 17.7 Å². The maximum atomic E-state index is 12.6. The molecule has 2 N–H and O–H groups in total. The second-order valence-electron chi connectivity index (χ2n) is 6.95. The summed E-state index contributed by atoms with van der Waals surface area (Å²) in [4.78, 5) is 24.8. The lowest BCUT2D eigenvalue weighted by molar-refractivity contribution is -0.134. The van der Waals surface area contributed by atoms with Gasteiger partial charge < -0.3 is 15.5 Å². The van der Waals surface area contributed by atoms with Crippen LogP contribution in [0.1, 0.15) is 49.6 Å². The van der Waals surface area contributed by atoms with Crippen molar-refractivity contribution < 1.29 is 4.79 Å². The number of carbonyl (C=O) groups excluding carboxylic acids is 1. The fourth-order valence-corrected chi connectivity index (χ4v) is 4.35. The summed E-state index contributed by atoms with van der Waals surface area (Å²) < 4.78 is 0. The van der Waals surface area contributed by atoms with Crippen molar-refractivity contribution in [2.24, 2.45) is 10.9 Å². The topological polar surface area (TPSA) is 69.6 Å². The summed E-state index contributed by atoms with van der Waals surface area (Å²) in [6.07, 6.45) is 5.56. The van der Waals surface area contributed by atoms with Gasteiger partial charge in [-0.1, -0.05) is 12.8 Å². The van der Waals surface area contributed by atoms with E-state index in [1.807, 2.05) is 17.3 Å². The number of nitrogens with zero attached hydrogens (tertiary/aromatic N) is 3. The molecule has 0 aromatic carbocycles. The maximum absolute atomic E-state index is 12.6. The largest absolute Gasteiger partial charge is 0.357 e. The Bertz CT molecular complexity index is 608. The fourth-order valence-electron chi connectivity index (χ4n) is 3.65. The zero-order valence-corrected chi connectivity index (χ0v) is 16.1. The first-order valence-electron chi connectivity index (χ1n) is 9.40. The van der Waals surface area contributed by atoms with E-state index in [-0.39, 0.29) is 12.0 Å². The molecular weight excluding hydrogens is 334 g/mol. The Morgan fingerprint density at radius 1 is 1.40 bits per heavy atom. The Kier molecular flexibility index (Phi) is 6.29. The number of aryl methyl sites for hydroxylation is 1. The minimum absolute atomic E-state index is 0.273. The molecule has 138 valence electrons.